The molecule has 2 N–H and O–H groups in total. The molecule has 0 aliphatic rings. The van der Waals surface area contributed by atoms with Crippen LogP contribution in [-0.4, -0.2) is 10.9 Å². The third-order valence-electron chi connectivity index (χ3n) is 2.55. The molecule has 0 saturated heterocycles. The second kappa shape index (κ2) is 4.87. The number of anilines is 1. The molecule has 0 atom stereocenters. The van der Waals surface area contributed by atoms with Crippen molar-refractivity contribution < 1.29 is 4.79 Å². The number of hydrogen-bond acceptors (Lipinski definition) is 2. The summed E-state index contributed by atoms with van der Waals surface area (Å²) in [6.45, 7) is 3.72. The number of pyridine rings is 1. The van der Waals surface area contributed by atoms with Crippen molar-refractivity contribution in [3.05, 3.63) is 63.6 Å². The average molecular weight is 242 g/mol. The van der Waals surface area contributed by atoms with Crippen molar-refractivity contribution in [2.45, 2.75) is 13.8 Å². The van der Waals surface area contributed by atoms with E-state index in [-0.39, 0.29) is 11.5 Å². The monoisotopic (exact) mass is 242 g/mol. The first-order valence-corrected chi connectivity index (χ1v) is 5.63. The fourth-order valence-electron chi connectivity index (χ4n) is 1.65. The van der Waals surface area contributed by atoms with Crippen molar-refractivity contribution in [1.82, 2.24) is 4.98 Å². The van der Waals surface area contributed by atoms with Crippen LogP contribution < -0.4 is 10.9 Å². The predicted molar refractivity (Wildman–Crippen MR) is 70.9 cm³/mol. The Morgan fingerprint density at radius 2 is 1.78 bits per heavy atom. The molecule has 0 aliphatic carbocycles. The Morgan fingerprint density at radius 1 is 1.11 bits per heavy atom. The van der Waals surface area contributed by atoms with Gasteiger partial charge in [-0.2, -0.15) is 0 Å². The lowest BCUT2D eigenvalue weighted by Gasteiger charge is -2.05. The molecule has 2 rings (SSSR count). The van der Waals surface area contributed by atoms with Gasteiger partial charge in [-0.3, -0.25) is 9.59 Å². The molecule has 0 fully saturated rings. The SMILES string of the molecule is Cc1ccc(NC(=O)c2cc(C)[nH]c(=O)c2)cc1. The van der Waals surface area contributed by atoms with Crippen molar-refractivity contribution >= 4 is 11.6 Å². The molecule has 0 saturated carbocycles. The normalized spacial score (nSPS) is 10.1. The standard InChI is InChI=1S/C14H14N2O2/c1-9-3-5-12(6-4-9)16-14(18)11-7-10(2)15-13(17)8-11/h3-8H,1-2H3,(H,15,17)(H,16,18). The summed E-state index contributed by atoms with van der Waals surface area (Å²) < 4.78 is 0. The summed E-state index contributed by atoms with van der Waals surface area (Å²) in [5.41, 5.74) is 2.58. The summed E-state index contributed by atoms with van der Waals surface area (Å²) >= 11 is 0. The van der Waals surface area contributed by atoms with Gasteiger partial charge in [0.2, 0.25) is 5.56 Å². The van der Waals surface area contributed by atoms with Gasteiger partial charge in [0, 0.05) is 23.0 Å². The summed E-state index contributed by atoms with van der Waals surface area (Å²) in [7, 11) is 0. The second-order valence-electron chi connectivity index (χ2n) is 4.24. The number of aryl methyl sites for hydroxylation is 2. The summed E-state index contributed by atoms with van der Waals surface area (Å²) in [5, 5.41) is 2.75. The quantitative estimate of drug-likeness (QED) is 0.848. The number of hydrogen-bond donors (Lipinski definition) is 2. The molecule has 18 heavy (non-hydrogen) atoms. The van der Waals surface area contributed by atoms with Gasteiger partial charge in [-0.1, -0.05) is 17.7 Å². The highest BCUT2D eigenvalue weighted by Gasteiger charge is 2.07. The van der Waals surface area contributed by atoms with Crippen LogP contribution in [0.2, 0.25) is 0 Å². The molecule has 0 radical (unpaired) electrons. The average Bonchev–Trinajstić information content (AvgIpc) is 2.31. The Morgan fingerprint density at radius 3 is 2.39 bits per heavy atom. The summed E-state index contributed by atoms with van der Waals surface area (Å²) in [5.74, 6) is -0.284. The highest BCUT2D eigenvalue weighted by molar-refractivity contribution is 6.04. The van der Waals surface area contributed by atoms with Crippen LogP contribution in [-0.2, 0) is 0 Å². The Labute approximate surface area is 105 Å². The topological polar surface area (TPSA) is 62.0 Å². The van der Waals surface area contributed by atoms with E-state index in [2.05, 4.69) is 10.3 Å². The zero-order valence-electron chi connectivity index (χ0n) is 10.3. The smallest absolute Gasteiger partial charge is 0.255 e. The van der Waals surface area contributed by atoms with Crippen LogP contribution in [0.4, 0.5) is 5.69 Å². The molecule has 0 bridgehead atoms. The minimum atomic E-state index is -0.284. The maximum absolute atomic E-state index is 11.9. The molecule has 92 valence electrons. The molecular formula is C14H14N2O2. The maximum Gasteiger partial charge on any atom is 0.255 e. The van der Waals surface area contributed by atoms with Gasteiger partial charge in [0.1, 0.15) is 0 Å². The van der Waals surface area contributed by atoms with Crippen LogP contribution in [0.25, 0.3) is 0 Å². The molecule has 1 amide bonds. The first-order valence-electron chi connectivity index (χ1n) is 5.63. The van der Waals surface area contributed by atoms with E-state index in [9.17, 15) is 9.59 Å². The van der Waals surface area contributed by atoms with Crippen LogP contribution in [0.1, 0.15) is 21.6 Å². The van der Waals surface area contributed by atoms with Gasteiger partial charge in [0.05, 0.1) is 0 Å². The lowest BCUT2D eigenvalue weighted by atomic mass is 10.2. The maximum atomic E-state index is 11.9. The molecule has 4 nitrogen and oxygen atoms in total. The Balaban J connectivity index is 2.21. The first kappa shape index (κ1) is 12.1. The van der Waals surface area contributed by atoms with E-state index < -0.39 is 0 Å². The van der Waals surface area contributed by atoms with Crippen LogP contribution in [0, 0.1) is 13.8 Å². The van der Waals surface area contributed by atoms with E-state index in [0.717, 1.165) is 5.56 Å². The lowest BCUT2D eigenvalue weighted by molar-refractivity contribution is 0.102. The van der Waals surface area contributed by atoms with Crippen LogP contribution >= 0.6 is 0 Å². The number of benzene rings is 1. The minimum absolute atomic E-state index is 0.274. The van der Waals surface area contributed by atoms with Gasteiger partial charge >= 0.3 is 0 Å². The van der Waals surface area contributed by atoms with E-state index in [1.807, 2.05) is 31.2 Å². The lowest BCUT2D eigenvalue weighted by Crippen LogP contribution is -2.16. The van der Waals surface area contributed by atoms with Gasteiger partial charge in [-0.25, -0.2) is 0 Å². The molecule has 0 unspecified atom stereocenters. The van der Waals surface area contributed by atoms with E-state index in [1.165, 1.54) is 6.07 Å². The zero-order valence-corrected chi connectivity index (χ0v) is 10.3. The van der Waals surface area contributed by atoms with Gasteiger partial charge in [0.25, 0.3) is 5.91 Å². The van der Waals surface area contributed by atoms with E-state index in [4.69, 9.17) is 0 Å². The molecule has 4 heteroatoms. The van der Waals surface area contributed by atoms with Gasteiger partial charge in [0.15, 0.2) is 0 Å². The molecule has 1 aromatic carbocycles. The zero-order chi connectivity index (χ0) is 13.1. The highest BCUT2D eigenvalue weighted by Crippen LogP contribution is 2.10. The predicted octanol–water partition coefficient (Wildman–Crippen LogP) is 2.24. The molecule has 0 aliphatic heterocycles. The fraction of sp³-hybridized carbons (Fsp3) is 0.143. The number of aromatic nitrogens is 1. The van der Waals surface area contributed by atoms with Crippen molar-refractivity contribution in [2.24, 2.45) is 0 Å². The number of aromatic amines is 1. The van der Waals surface area contributed by atoms with Crippen LogP contribution in [0.3, 0.4) is 0 Å². The molecule has 1 aromatic heterocycles. The van der Waals surface area contributed by atoms with Crippen LogP contribution in [0.15, 0.2) is 41.2 Å². The number of nitrogens with one attached hydrogen (secondary N) is 2. The molecule has 2 aromatic rings. The van der Waals surface area contributed by atoms with Crippen molar-refractivity contribution in [2.75, 3.05) is 5.32 Å². The number of carbonyl (C=O) groups excluding carboxylic acids is 1. The Bertz CT molecular complexity index is 627. The van der Waals surface area contributed by atoms with E-state index in [0.29, 0.717) is 16.9 Å². The minimum Gasteiger partial charge on any atom is -0.326 e. The number of H-pyrrole nitrogens is 1. The van der Waals surface area contributed by atoms with E-state index >= 15 is 0 Å². The third-order valence-corrected chi connectivity index (χ3v) is 2.55. The van der Waals surface area contributed by atoms with Crippen LogP contribution in [0.5, 0.6) is 0 Å². The third kappa shape index (κ3) is 2.85. The molecular weight excluding hydrogens is 228 g/mol. The Kier molecular flexibility index (Phi) is 3.28. The molecule has 1 heterocycles. The van der Waals surface area contributed by atoms with Crippen molar-refractivity contribution in [3.8, 4) is 0 Å². The van der Waals surface area contributed by atoms with Crippen molar-refractivity contribution in [3.63, 3.8) is 0 Å². The van der Waals surface area contributed by atoms with Gasteiger partial charge in [-0.05, 0) is 32.0 Å². The van der Waals surface area contributed by atoms with E-state index in [1.54, 1.807) is 13.0 Å². The number of amides is 1. The first-order chi connectivity index (χ1) is 8.54. The highest BCUT2D eigenvalue weighted by atomic mass is 16.2. The second-order valence-corrected chi connectivity index (χ2v) is 4.24. The van der Waals surface area contributed by atoms with Crippen molar-refractivity contribution in [1.29, 1.82) is 0 Å². The van der Waals surface area contributed by atoms with Gasteiger partial charge in [-0.15, -0.1) is 0 Å². The number of rotatable bonds is 2. The summed E-state index contributed by atoms with van der Waals surface area (Å²) in [6, 6.07) is 10.4. The van der Waals surface area contributed by atoms with Gasteiger partial charge < -0.3 is 10.3 Å². The fourth-order valence-corrected chi connectivity index (χ4v) is 1.65. The largest absolute Gasteiger partial charge is 0.326 e. The Hall–Kier alpha value is -2.36. The molecule has 0 spiro atoms. The summed E-state index contributed by atoms with van der Waals surface area (Å²) in [6.07, 6.45) is 0. The number of carbonyl (C=O) groups is 1. The summed E-state index contributed by atoms with van der Waals surface area (Å²) in [4.78, 5) is 25.8.